The Balaban J connectivity index is 1.59. The number of hydrogen-bond acceptors (Lipinski definition) is 3. The van der Waals surface area contributed by atoms with E-state index in [1.807, 2.05) is 0 Å². The maximum Gasteiger partial charge on any atom is 0.115 e. The van der Waals surface area contributed by atoms with Gasteiger partial charge in [0.05, 0.1) is 6.10 Å². The van der Waals surface area contributed by atoms with Crippen molar-refractivity contribution in [2.24, 2.45) is 0 Å². The van der Waals surface area contributed by atoms with Gasteiger partial charge in [0.15, 0.2) is 0 Å². The van der Waals surface area contributed by atoms with Crippen molar-refractivity contribution in [1.82, 2.24) is 5.32 Å². The van der Waals surface area contributed by atoms with Crippen molar-refractivity contribution in [2.45, 2.75) is 38.3 Å². The summed E-state index contributed by atoms with van der Waals surface area (Å²) in [4.78, 5) is 0. The number of benzene rings is 3. The van der Waals surface area contributed by atoms with Gasteiger partial charge >= 0.3 is 0 Å². The predicted molar refractivity (Wildman–Crippen MR) is 107 cm³/mol. The van der Waals surface area contributed by atoms with E-state index in [4.69, 9.17) is 0 Å². The summed E-state index contributed by atoms with van der Waals surface area (Å²) in [7, 11) is 0. The van der Waals surface area contributed by atoms with Crippen LogP contribution in [0.1, 0.15) is 37.5 Å². The largest absolute Gasteiger partial charge is 0.508 e. The lowest BCUT2D eigenvalue weighted by Gasteiger charge is -2.28. The van der Waals surface area contributed by atoms with E-state index >= 15 is 0 Å². The number of hydrogen-bond donors (Lipinski definition) is 3. The topological polar surface area (TPSA) is 52.5 Å². The lowest BCUT2D eigenvalue weighted by atomic mass is 9.92. The Hall–Kier alpha value is -2.36. The van der Waals surface area contributed by atoms with Gasteiger partial charge in [0.2, 0.25) is 0 Å². The number of phenolic OH excluding ortho intramolecular Hbond substituents is 1. The predicted octanol–water partition coefficient (Wildman–Crippen LogP) is 4.58. The number of β-amino-alcohol motifs (C(OH)–C–C–N with tert-alkyl or cyclic N) is 1. The van der Waals surface area contributed by atoms with Crippen LogP contribution in [0.5, 0.6) is 5.75 Å². The fourth-order valence-electron chi connectivity index (χ4n) is 3.23. The van der Waals surface area contributed by atoms with Crippen LogP contribution in [0.25, 0.3) is 10.8 Å². The summed E-state index contributed by atoms with van der Waals surface area (Å²) < 4.78 is 0. The molecule has 3 rings (SSSR count). The molecule has 26 heavy (non-hydrogen) atoms. The van der Waals surface area contributed by atoms with E-state index in [9.17, 15) is 10.2 Å². The summed E-state index contributed by atoms with van der Waals surface area (Å²) in [5, 5.41) is 25.8. The van der Waals surface area contributed by atoms with E-state index in [1.54, 1.807) is 24.3 Å². The second kappa shape index (κ2) is 7.90. The SMILES string of the molecule is CC(C)(CCc1cccc2ccccc12)NCC(O)c1ccc(O)cc1. The fraction of sp³-hybridized carbons (Fsp3) is 0.304. The molecule has 0 aliphatic heterocycles. The first-order valence-corrected chi connectivity index (χ1v) is 9.13. The van der Waals surface area contributed by atoms with Gasteiger partial charge in [-0.3, -0.25) is 0 Å². The van der Waals surface area contributed by atoms with Gasteiger partial charge in [0.1, 0.15) is 5.75 Å². The molecule has 0 saturated heterocycles. The molecule has 0 spiro atoms. The smallest absolute Gasteiger partial charge is 0.115 e. The van der Waals surface area contributed by atoms with Gasteiger partial charge in [0, 0.05) is 12.1 Å². The van der Waals surface area contributed by atoms with Gasteiger partial charge in [-0.05, 0) is 60.7 Å². The summed E-state index contributed by atoms with van der Waals surface area (Å²) >= 11 is 0. The van der Waals surface area contributed by atoms with Crippen molar-refractivity contribution in [1.29, 1.82) is 0 Å². The van der Waals surface area contributed by atoms with E-state index < -0.39 is 6.10 Å². The van der Waals surface area contributed by atoms with Gasteiger partial charge < -0.3 is 15.5 Å². The molecule has 0 bridgehead atoms. The summed E-state index contributed by atoms with van der Waals surface area (Å²) in [5.41, 5.74) is 2.08. The van der Waals surface area contributed by atoms with E-state index in [1.165, 1.54) is 16.3 Å². The molecule has 0 heterocycles. The van der Waals surface area contributed by atoms with Crippen LogP contribution in [0.4, 0.5) is 0 Å². The molecule has 136 valence electrons. The standard InChI is InChI=1S/C23H27NO2/c1-23(2,24-16-22(26)19-10-12-20(25)13-11-19)15-14-18-8-5-7-17-6-3-4-9-21(17)18/h3-13,22,24-26H,14-16H2,1-2H3. The van der Waals surface area contributed by atoms with Crippen molar-refractivity contribution in [3.05, 3.63) is 77.9 Å². The number of nitrogens with one attached hydrogen (secondary N) is 1. The highest BCUT2D eigenvalue weighted by atomic mass is 16.3. The van der Waals surface area contributed by atoms with Gasteiger partial charge in [-0.1, -0.05) is 54.6 Å². The first-order chi connectivity index (χ1) is 12.4. The zero-order valence-corrected chi connectivity index (χ0v) is 15.4. The average molecular weight is 349 g/mol. The molecule has 3 heteroatoms. The van der Waals surface area contributed by atoms with Gasteiger partial charge in [-0.15, -0.1) is 0 Å². The molecule has 0 fully saturated rings. The minimum absolute atomic E-state index is 0.0884. The molecule has 3 N–H and O–H groups in total. The number of aryl methyl sites for hydroxylation is 1. The van der Waals surface area contributed by atoms with E-state index in [2.05, 4.69) is 61.6 Å². The summed E-state index contributed by atoms with van der Waals surface area (Å²) in [5.74, 6) is 0.212. The molecule has 1 unspecified atom stereocenters. The van der Waals surface area contributed by atoms with Crippen molar-refractivity contribution >= 4 is 10.8 Å². The number of phenols is 1. The number of aliphatic hydroxyl groups is 1. The zero-order valence-electron chi connectivity index (χ0n) is 15.4. The molecule has 0 amide bonds. The second-order valence-electron chi connectivity index (χ2n) is 7.51. The van der Waals surface area contributed by atoms with Crippen molar-refractivity contribution in [3.63, 3.8) is 0 Å². The van der Waals surface area contributed by atoms with Crippen molar-refractivity contribution in [3.8, 4) is 5.75 Å². The normalized spacial score (nSPS) is 13.0. The maximum absolute atomic E-state index is 10.4. The Morgan fingerprint density at radius 1 is 0.923 bits per heavy atom. The first-order valence-electron chi connectivity index (χ1n) is 9.13. The fourth-order valence-corrected chi connectivity index (χ4v) is 3.23. The highest BCUT2D eigenvalue weighted by Gasteiger charge is 2.19. The maximum atomic E-state index is 10.4. The van der Waals surface area contributed by atoms with E-state index in [0.717, 1.165) is 18.4 Å². The molecule has 0 aliphatic rings. The summed E-state index contributed by atoms with van der Waals surface area (Å²) in [6.45, 7) is 4.82. The summed E-state index contributed by atoms with van der Waals surface area (Å²) in [6, 6.07) is 21.7. The summed E-state index contributed by atoms with van der Waals surface area (Å²) in [6.07, 6.45) is 1.37. The number of aromatic hydroxyl groups is 1. The molecule has 0 aliphatic carbocycles. The monoisotopic (exact) mass is 349 g/mol. The quantitative estimate of drug-likeness (QED) is 0.585. The Labute approximate surface area is 155 Å². The number of rotatable bonds is 7. The third-order valence-electron chi connectivity index (χ3n) is 4.95. The Kier molecular flexibility index (Phi) is 5.60. The minimum atomic E-state index is -0.590. The van der Waals surface area contributed by atoms with E-state index in [-0.39, 0.29) is 11.3 Å². The molecule has 0 radical (unpaired) electrons. The highest BCUT2D eigenvalue weighted by molar-refractivity contribution is 5.85. The minimum Gasteiger partial charge on any atom is -0.508 e. The molecule has 3 nitrogen and oxygen atoms in total. The lowest BCUT2D eigenvalue weighted by molar-refractivity contribution is 0.159. The van der Waals surface area contributed by atoms with Crippen LogP contribution in [0.15, 0.2) is 66.7 Å². The Bertz CT molecular complexity index is 850. The van der Waals surface area contributed by atoms with Crippen LogP contribution in [-0.4, -0.2) is 22.3 Å². The van der Waals surface area contributed by atoms with Gasteiger partial charge in [0.25, 0.3) is 0 Å². The molecule has 0 saturated carbocycles. The van der Waals surface area contributed by atoms with Crippen LogP contribution in [0, 0.1) is 0 Å². The van der Waals surface area contributed by atoms with Crippen LogP contribution < -0.4 is 5.32 Å². The van der Waals surface area contributed by atoms with Crippen molar-refractivity contribution in [2.75, 3.05) is 6.54 Å². The van der Waals surface area contributed by atoms with Gasteiger partial charge in [-0.2, -0.15) is 0 Å². The second-order valence-corrected chi connectivity index (χ2v) is 7.51. The molecule has 0 aromatic heterocycles. The third kappa shape index (κ3) is 4.63. The van der Waals surface area contributed by atoms with Crippen LogP contribution in [-0.2, 0) is 6.42 Å². The Morgan fingerprint density at radius 2 is 1.62 bits per heavy atom. The average Bonchev–Trinajstić information content (AvgIpc) is 2.65. The first kappa shape index (κ1) is 18.4. The molecule has 3 aromatic rings. The van der Waals surface area contributed by atoms with E-state index in [0.29, 0.717) is 6.54 Å². The van der Waals surface area contributed by atoms with Crippen LogP contribution in [0.3, 0.4) is 0 Å². The highest BCUT2D eigenvalue weighted by Crippen LogP contribution is 2.23. The number of fused-ring (bicyclic) bond motifs is 1. The number of aliphatic hydroxyl groups excluding tert-OH is 1. The molecule has 3 aromatic carbocycles. The van der Waals surface area contributed by atoms with Crippen molar-refractivity contribution < 1.29 is 10.2 Å². The van der Waals surface area contributed by atoms with Gasteiger partial charge in [-0.25, -0.2) is 0 Å². The lowest BCUT2D eigenvalue weighted by Crippen LogP contribution is -2.42. The Morgan fingerprint density at radius 3 is 2.38 bits per heavy atom. The van der Waals surface area contributed by atoms with Crippen LogP contribution in [0.2, 0.25) is 0 Å². The van der Waals surface area contributed by atoms with Crippen LogP contribution >= 0.6 is 0 Å². The zero-order chi connectivity index (χ0) is 18.6. The molecular weight excluding hydrogens is 322 g/mol. The molecular formula is C23H27NO2. The molecule has 1 atom stereocenters. The third-order valence-corrected chi connectivity index (χ3v) is 4.95.